The second-order valence-electron chi connectivity index (χ2n) is 5.11. The zero-order valence-electron chi connectivity index (χ0n) is 13.7. The highest BCUT2D eigenvalue weighted by atomic mass is 32.1. The molecule has 2 heterocycles. The highest BCUT2D eigenvalue weighted by Gasteiger charge is 2.21. The van der Waals surface area contributed by atoms with Crippen LogP contribution in [-0.2, 0) is 11.3 Å². The number of thiazole rings is 1. The Hall–Kier alpha value is -2.87. The molecule has 3 rings (SSSR count). The summed E-state index contributed by atoms with van der Waals surface area (Å²) in [4.78, 5) is 17.5. The number of esters is 1. The highest BCUT2D eigenvalue weighted by molar-refractivity contribution is 7.09. The summed E-state index contributed by atoms with van der Waals surface area (Å²) in [5, 5.41) is 12.3. The number of hydrogen-bond acceptors (Lipinski definition) is 8. The number of nitrogens with zero attached hydrogens (tertiary/aromatic N) is 2. The van der Waals surface area contributed by atoms with Crippen molar-refractivity contribution in [1.29, 1.82) is 0 Å². The van der Waals surface area contributed by atoms with Gasteiger partial charge in [-0.2, -0.15) is 0 Å². The van der Waals surface area contributed by atoms with E-state index in [1.54, 1.807) is 30.6 Å². The van der Waals surface area contributed by atoms with Gasteiger partial charge >= 0.3 is 5.97 Å². The minimum atomic E-state index is -0.549. The van der Waals surface area contributed by atoms with Crippen molar-refractivity contribution >= 4 is 34.5 Å². The van der Waals surface area contributed by atoms with Gasteiger partial charge in [0, 0.05) is 5.39 Å². The van der Waals surface area contributed by atoms with Gasteiger partial charge in [0.15, 0.2) is 5.76 Å². The Labute approximate surface area is 147 Å². The molecule has 0 amide bonds. The first kappa shape index (κ1) is 17.0. The van der Waals surface area contributed by atoms with Crippen LogP contribution in [0.15, 0.2) is 33.3 Å². The number of aromatic nitrogens is 1. The Morgan fingerprint density at radius 2 is 2.32 bits per heavy atom. The molecule has 8 heteroatoms. The molecule has 3 aromatic rings. The minimum absolute atomic E-state index is 0.131. The maximum absolute atomic E-state index is 12.2. The maximum Gasteiger partial charge on any atom is 0.342 e. The quantitative estimate of drug-likeness (QED) is 0.311. The fourth-order valence-electron chi connectivity index (χ4n) is 2.36. The topological polar surface area (TPSA) is 94.2 Å². The van der Waals surface area contributed by atoms with Crippen molar-refractivity contribution in [3.05, 3.63) is 45.6 Å². The normalized spacial score (nSPS) is 11.3. The molecule has 130 valence electrons. The number of ether oxygens (including phenoxy) is 2. The first-order valence-corrected chi connectivity index (χ1v) is 8.44. The summed E-state index contributed by atoms with van der Waals surface area (Å²) in [6.45, 7) is 4.25. The molecule has 0 aliphatic rings. The molecule has 2 aromatic heterocycles. The van der Waals surface area contributed by atoms with Crippen molar-refractivity contribution < 1.29 is 23.9 Å². The van der Waals surface area contributed by atoms with Crippen LogP contribution >= 0.6 is 11.3 Å². The monoisotopic (exact) mass is 360 g/mol. The van der Waals surface area contributed by atoms with E-state index in [1.165, 1.54) is 11.3 Å². The molecular weight excluding hydrogens is 344 g/mol. The number of carbonyl (C=O) groups is 1. The van der Waals surface area contributed by atoms with Gasteiger partial charge in [-0.25, -0.2) is 9.78 Å². The second-order valence-corrected chi connectivity index (χ2v) is 6.05. The maximum atomic E-state index is 12.2. The Morgan fingerprint density at radius 1 is 1.48 bits per heavy atom. The first-order chi connectivity index (χ1) is 12.1. The minimum Gasteiger partial charge on any atom is -0.488 e. The molecule has 25 heavy (non-hydrogen) atoms. The molecule has 1 N–H and O–H groups in total. The summed E-state index contributed by atoms with van der Waals surface area (Å²) in [5.74, 6) is 0.164. The van der Waals surface area contributed by atoms with Gasteiger partial charge in [-0.15, -0.1) is 11.3 Å². The van der Waals surface area contributed by atoms with Crippen LogP contribution in [0.1, 0.15) is 33.6 Å². The van der Waals surface area contributed by atoms with Gasteiger partial charge in [-0.1, -0.05) is 5.16 Å². The fraction of sp³-hybridized carbons (Fsp3) is 0.235. The van der Waals surface area contributed by atoms with Crippen LogP contribution in [0.5, 0.6) is 5.75 Å². The summed E-state index contributed by atoms with van der Waals surface area (Å²) in [5.41, 5.74) is 3.38. The van der Waals surface area contributed by atoms with E-state index >= 15 is 0 Å². The highest BCUT2D eigenvalue weighted by Crippen LogP contribution is 2.30. The van der Waals surface area contributed by atoms with E-state index in [-0.39, 0.29) is 17.9 Å². The lowest BCUT2D eigenvalue weighted by Gasteiger charge is -2.05. The number of hydrogen-bond donors (Lipinski definition) is 1. The molecule has 0 spiro atoms. The van der Waals surface area contributed by atoms with Gasteiger partial charge in [0.2, 0.25) is 0 Å². The molecule has 0 aliphatic carbocycles. The molecule has 0 radical (unpaired) electrons. The van der Waals surface area contributed by atoms with Crippen LogP contribution in [0.25, 0.3) is 11.0 Å². The Kier molecular flexibility index (Phi) is 4.99. The number of benzene rings is 1. The van der Waals surface area contributed by atoms with Gasteiger partial charge in [-0.05, 0) is 32.0 Å². The van der Waals surface area contributed by atoms with E-state index in [0.717, 1.165) is 16.8 Å². The number of fused-ring (bicyclic) bond motifs is 1. The third kappa shape index (κ3) is 3.48. The van der Waals surface area contributed by atoms with Crippen molar-refractivity contribution in [3.63, 3.8) is 0 Å². The average Bonchev–Trinajstić information content (AvgIpc) is 3.16. The average molecular weight is 360 g/mol. The van der Waals surface area contributed by atoms with Crippen molar-refractivity contribution in [2.75, 3.05) is 6.61 Å². The Bertz CT molecular complexity index is 928. The third-order valence-electron chi connectivity index (χ3n) is 3.56. The van der Waals surface area contributed by atoms with E-state index in [0.29, 0.717) is 23.3 Å². The molecule has 7 nitrogen and oxygen atoms in total. The number of aryl methyl sites for hydroxylation is 1. The fourth-order valence-corrected chi connectivity index (χ4v) is 3.04. The van der Waals surface area contributed by atoms with Crippen molar-refractivity contribution in [3.8, 4) is 5.75 Å². The third-order valence-corrected chi connectivity index (χ3v) is 4.46. The van der Waals surface area contributed by atoms with Crippen LogP contribution < -0.4 is 4.74 Å². The first-order valence-electron chi connectivity index (χ1n) is 7.57. The summed E-state index contributed by atoms with van der Waals surface area (Å²) in [6, 6.07) is 5.15. The standard InChI is InChI=1S/C17H16N2O5S/c1-3-22-17(20)16-12-6-11(23-8-15-10(2)18-9-25-15)4-5-13(12)24-14(16)7-19-21/h4-7,9,21H,3,8H2,1-2H3. The van der Waals surface area contributed by atoms with Gasteiger partial charge in [0.25, 0.3) is 0 Å². The van der Waals surface area contributed by atoms with E-state index in [2.05, 4.69) is 10.1 Å². The second kappa shape index (κ2) is 7.35. The summed E-state index contributed by atoms with van der Waals surface area (Å²) in [6.07, 6.45) is 1.06. The smallest absolute Gasteiger partial charge is 0.342 e. The van der Waals surface area contributed by atoms with Crippen LogP contribution in [0.3, 0.4) is 0 Å². The van der Waals surface area contributed by atoms with E-state index in [1.807, 2.05) is 6.92 Å². The van der Waals surface area contributed by atoms with Crippen molar-refractivity contribution in [2.45, 2.75) is 20.5 Å². The molecule has 1 aromatic carbocycles. The lowest BCUT2D eigenvalue weighted by atomic mass is 10.1. The van der Waals surface area contributed by atoms with Gasteiger partial charge in [0.1, 0.15) is 29.7 Å². The molecule has 0 aliphatic heterocycles. The molecule has 0 saturated heterocycles. The molecule has 0 atom stereocenters. The predicted molar refractivity (Wildman–Crippen MR) is 92.7 cm³/mol. The summed E-state index contributed by atoms with van der Waals surface area (Å²) >= 11 is 1.52. The van der Waals surface area contributed by atoms with Crippen molar-refractivity contribution in [2.24, 2.45) is 5.16 Å². The lowest BCUT2D eigenvalue weighted by Crippen LogP contribution is -2.06. The van der Waals surface area contributed by atoms with Crippen LogP contribution in [-0.4, -0.2) is 29.0 Å². The lowest BCUT2D eigenvalue weighted by molar-refractivity contribution is 0.0527. The molecular formula is C17H16N2O5S. The largest absolute Gasteiger partial charge is 0.488 e. The van der Waals surface area contributed by atoms with E-state index in [9.17, 15) is 4.79 Å². The Morgan fingerprint density at radius 3 is 3.00 bits per heavy atom. The van der Waals surface area contributed by atoms with Gasteiger partial charge in [-0.3, -0.25) is 0 Å². The number of rotatable bonds is 6. The van der Waals surface area contributed by atoms with Crippen LogP contribution in [0.4, 0.5) is 0 Å². The number of furan rings is 1. The summed E-state index contributed by atoms with van der Waals surface area (Å²) in [7, 11) is 0. The van der Waals surface area contributed by atoms with E-state index in [4.69, 9.17) is 19.1 Å². The SMILES string of the molecule is CCOC(=O)c1c(C=NO)oc2ccc(OCc3scnc3C)cc12. The molecule has 0 fully saturated rings. The van der Waals surface area contributed by atoms with Gasteiger partial charge in [0.05, 0.1) is 22.7 Å². The number of carbonyl (C=O) groups excluding carboxylic acids is 1. The zero-order chi connectivity index (χ0) is 17.8. The van der Waals surface area contributed by atoms with Crippen LogP contribution in [0.2, 0.25) is 0 Å². The van der Waals surface area contributed by atoms with Gasteiger partial charge < -0.3 is 19.1 Å². The van der Waals surface area contributed by atoms with Crippen LogP contribution in [0, 0.1) is 6.92 Å². The number of oxime groups is 1. The predicted octanol–water partition coefficient (Wildman–Crippen LogP) is 3.76. The molecule has 0 bridgehead atoms. The van der Waals surface area contributed by atoms with E-state index < -0.39 is 5.97 Å². The van der Waals surface area contributed by atoms with Crippen molar-refractivity contribution in [1.82, 2.24) is 4.98 Å². The zero-order valence-corrected chi connectivity index (χ0v) is 14.5. The molecule has 0 saturated carbocycles. The Balaban J connectivity index is 1.96. The summed E-state index contributed by atoms with van der Waals surface area (Å²) < 4.78 is 16.4. The molecule has 0 unspecified atom stereocenters.